The summed E-state index contributed by atoms with van der Waals surface area (Å²) in [5.41, 5.74) is 0. The molecule has 2 heteroatoms. The highest BCUT2D eigenvalue weighted by molar-refractivity contribution is 7.57. The number of aliphatic hydroxyl groups excluding tert-OH is 1. The van der Waals surface area contributed by atoms with E-state index in [9.17, 15) is 5.11 Å². The lowest BCUT2D eigenvalue weighted by molar-refractivity contribution is 0.365. The third-order valence-electron chi connectivity index (χ3n) is 4.32. The minimum Gasteiger partial charge on any atom is -0.392 e. The monoisotopic (exact) mass is 288 g/mol. The highest BCUT2D eigenvalue weighted by Gasteiger charge is 2.17. The van der Waals surface area contributed by atoms with E-state index in [1.54, 1.807) is 0 Å². The molecule has 0 rings (SSSR count). The number of hydrogen-bond donors (Lipinski definition) is 1. The lowest BCUT2D eigenvalue weighted by Gasteiger charge is -2.25. The molecule has 0 amide bonds. The molecule has 0 fully saturated rings. The Labute approximate surface area is 123 Å². The van der Waals surface area contributed by atoms with Crippen LogP contribution >= 0.6 is 7.92 Å². The molecule has 0 aromatic rings. The molecule has 2 atom stereocenters. The average molecular weight is 288 g/mol. The van der Waals surface area contributed by atoms with Gasteiger partial charge in [0.2, 0.25) is 0 Å². The molecule has 19 heavy (non-hydrogen) atoms. The van der Waals surface area contributed by atoms with Gasteiger partial charge in [-0.05, 0) is 24.2 Å². The van der Waals surface area contributed by atoms with E-state index in [2.05, 4.69) is 27.7 Å². The van der Waals surface area contributed by atoms with Gasteiger partial charge in [0.1, 0.15) is 0 Å². The van der Waals surface area contributed by atoms with Crippen LogP contribution in [-0.2, 0) is 0 Å². The molecule has 0 heterocycles. The average Bonchev–Trinajstić information content (AvgIpc) is 2.45. The molecule has 0 aromatic carbocycles. The summed E-state index contributed by atoms with van der Waals surface area (Å²) >= 11 is 0. The summed E-state index contributed by atoms with van der Waals surface area (Å²) < 4.78 is 0. The molecular formula is C17H37OP. The van der Waals surface area contributed by atoms with Crippen LogP contribution in [0.1, 0.15) is 79.1 Å². The van der Waals surface area contributed by atoms with Crippen molar-refractivity contribution in [3.05, 3.63) is 0 Å². The first-order chi connectivity index (χ1) is 9.21. The second kappa shape index (κ2) is 13.4. The van der Waals surface area contributed by atoms with Crippen molar-refractivity contribution < 1.29 is 5.11 Å². The van der Waals surface area contributed by atoms with E-state index < -0.39 is 0 Å². The maximum atomic E-state index is 9.69. The van der Waals surface area contributed by atoms with Crippen LogP contribution in [0.15, 0.2) is 0 Å². The zero-order valence-corrected chi connectivity index (χ0v) is 14.7. The van der Waals surface area contributed by atoms with Gasteiger partial charge in [0, 0.05) is 0 Å². The van der Waals surface area contributed by atoms with Crippen molar-refractivity contribution in [3.63, 3.8) is 0 Å². The normalized spacial score (nSPS) is 16.3. The Bertz CT molecular complexity index is 166. The molecule has 0 aliphatic heterocycles. The SMILES string of the molecule is CCCCC(CC)CP(CO)CC(CC)CCCC. The number of hydrogen-bond acceptors (Lipinski definition) is 1. The fourth-order valence-corrected chi connectivity index (χ4v) is 5.48. The van der Waals surface area contributed by atoms with Gasteiger partial charge in [-0.1, -0.05) is 87.0 Å². The van der Waals surface area contributed by atoms with Crippen molar-refractivity contribution in [2.45, 2.75) is 79.1 Å². The second-order valence-corrected chi connectivity index (χ2v) is 8.37. The summed E-state index contributed by atoms with van der Waals surface area (Å²) in [6.07, 6.45) is 13.8. The highest BCUT2D eigenvalue weighted by Crippen LogP contribution is 2.42. The van der Waals surface area contributed by atoms with Gasteiger partial charge in [-0.15, -0.1) is 0 Å². The van der Waals surface area contributed by atoms with E-state index in [-0.39, 0.29) is 7.92 Å². The molecule has 0 aromatic heterocycles. The fourth-order valence-electron chi connectivity index (χ4n) is 2.75. The predicted molar refractivity (Wildman–Crippen MR) is 90.4 cm³/mol. The molecule has 0 radical (unpaired) electrons. The Morgan fingerprint density at radius 2 is 1.21 bits per heavy atom. The van der Waals surface area contributed by atoms with Gasteiger partial charge in [-0.2, -0.15) is 0 Å². The Hall–Kier alpha value is 0.390. The second-order valence-electron chi connectivity index (χ2n) is 6.01. The molecule has 1 N–H and O–H groups in total. The van der Waals surface area contributed by atoms with Gasteiger partial charge >= 0.3 is 0 Å². The summed E-state index contributed by atoms with van der Waals surface area (Å²) in [6.45, 7) is 9.19. The first-order valence-corrected chi connectivity index (χ1v) is 10.4. The number of aliphatic hydroxyl groups is 1. The summed E-state index contributed by atoms with van der Waals surface area (Å²) in [4.78, 5) is 0. The third-order valence-corrected chi connectivity index (χ3v) is 6.78. The topological polar surface area (TPSA) is 20.2 Å². The van der Waals surface area contributed by atoms with Gasteiger partial charge in [0.05, 0.1) is 6.35 Å². The zero-order chi connectivity index (χ0) is 14.5. The zero-order valence-electron chi connectivity index (χ0n) is 13.8. The van der Waals surface area contributed by atoms with Crippen LogP contribution < -0.4 is 0 Å². The molecule has 116 valence electrons. The lowest BCUT2D eigenvalue weighted by atomic mass is 10.0. The molecule has 0 bridgehead atoms. The van der Waals surface area contributed by atoms with Crippen LogP contribution in [0.2, 0.25) is 0 Å². The van der Waals surface area contributed by atoms with Crippen LogP contribution in [0.5, 0.6) is 0 Å². The number of unbranched alkanes of at least 4 members (excludes halogenated alkanes) is 2. The first-order valence-electron chi connectivity index (χ1n) is 8.54. The smallest absolute Gasteiger partial charge is 0.0624 e. The molecule has 0 spiro atoms. The van der Waals surface area contributed by atoms with E-state index in [0.717, 1.165) is 11.8 Å². The Morgan fingerprint density at radius 3 is 1.47 bits per heavy atom. The van der Waals surface area contributed by atoms with E-state index in [1.165, 1.54) is 63.7 Å². The molecule has 0 saturated heterocycles. The number of rotatable bonds is 13. The minimum absolute atomic E-state index is 0.126. The third kappa shape index (κ3) is 9.85. The van der Waals surface area contributed by atoms with Crippen molar-refractivity contribution in [3.8, 4) is 0 Å². The quantitative estimate of drug-likeness (QED) is 0.421. The molecule has 0 saturated carbocycles. The lowest BCUT2D eigenvalue weighted by Crippen LogP contribution is -2.12. The maximum absolute atomic E-state index is 9.69. The van der Waals surface area contributed by atoms with Gasteiger partial charge < -0.3 is 5.11 Å². The van der Waals surface area contributed by atoms with Gasteiger partial charge in [-0.3, -0.25) is 0 Å². The van der Waals surface area contributed by atoms with Crippen LogP contribution in [0, 0.1) is 11.8 Å². The van der Waals surface area contributed by atoms with Crippen molar-refractivity contribution in [2.75, 3.05) is 18.7 Å². The van der Waals surface area contributed by atoms with Crippen molar-refractivity contribution in [1.29, 1.82) is 0 Å². The summed E-state index contributed by atoms with van der Waals surface area (Å²) in [5, 5.41) is 9.69. The van der Waals surface area contributed by atoms with E-state index in [0.29, 0.717) is 6.35 Å². The molecule has 2 unspecified atom stereocenters. The van der Waals surface area contributed by atoms with Crippen molar-refractivity contribution >= 4 is 7.92 Å². The van der Waals surface area contributed by atoms with Crippen LogP contribution in [-0.4, -0.2) is 23.8 Å². The molecule has 0 aliphatic carbocycles. The first kappa shape index (κ1) is 19.4. The molecule has 0 aliphatic rings. The van der Waals surface area contributed by atoms with E-state index in [1.807, 2.05) is 0 Å². The Morgan fingerprint density at radius 1 is 0.789 bits per heavy atom. The van der Waals surface area contributed by atoms with Crippen LogP contribution in [0.4, 0.5) is 0 Å². The van der Waals surface area contributed by atoms with E-state index in [4.69, 9.17) is 0 Å². The predicted octanol–water partition coefficient (Wildman–Crippen LogP) is 5.85. The van der Waals surface area contributed by atoms with Crippen molar-refractivity contribution in [1.82, 2.24) is 0 Å². The maximum Gasteiger partial charge on any atom is 0.0624 e. The van der Waals surface area contributed by atoms with Crippen molar-refractivity contribution in [2.24, 2.45) is 11.8 Å². The van der Waals surface area contributed by atoms with Crippen LogP contribution in [0.25, 0.3) is 0 Å². The van der Waals surface area contributed by atoms with Gasteiger partial charge in [0.25, 0.3) is 0 Å². The summed E-state index contributed by atoms with van der Waals surface area (Å²) in [5.74, 6) is 1.73. The largest absolute Gasteiger partial charge is 0.392 e. The minimum atomic E-state index is -0.126. The summed E-state index contributed by atoms with van der Waals surface area (Å²) in [7, 11) is -0.126. The van der Waals surface area contributed by atoms with Crippen LogP contribution in [0.3, 0.4) is 0 Å². The summed E-state index contributed by atoms with van der Waals surface area (Å²) in [6, 6.07) is 0. The fraction of sp³-hybridized carbons (Fsp3) is 1.00. The highest BCUT2D eigenvalue weighted by atomic mass is 31.1. The van der Waals surface area contributed by atoms with E-state index >= 15 is 0 Å². The Balaban J connectivity index is 4.14. The van der Waals surface area contributed by atoms with Gasteiger partial charge in [0.15, 0.2) is 0 Å². The molecular weight excluding hydrogens is 251 g/mol. The Kier molecular flexibility index (Phi) is 13.7. The molecule has 1 nitrogen and oxygen atoms in total. The standard InChI is InChI=1S/C17H37OP/c1-5-9-11-16(7-3)13-19(15-18)14-17(8-4)12-10-6-2/h16-18H,5-15H2,1-4H3. The van der Waals surface area contributed by atoms with Gasteiger partial charge in [-0.25, -0.2) is 0 Å².